The van der Waals surface area contributed by atoms with E-state index in [1.807, 2.05) is 25.1 Å². The summed E-state index contributed by atoms with van der Waals surface area (Å²) in [5, 5.41) is 0. The van der Waals surface area contributed by atoms with Gasteiger partial charge in [-0.15, -0.1) is 0 Å². The molecule has 1 aromatic carbocycles. The molecule has 15 heavy (non-hydrogen) atoms. The Morgan fingerprint density at radius 1 is 1.53 bits per heavy atom. The molecule has 3 heteroatoms. The summed E-state index contributed by atoms with van der Waals surface area (Å²) < 4.78 is 4.73. The van der Waals surface area contributed by atoms with Gasteiger partial charge in [-0.3, -0.25) is 4.79 Å². The number of nitrogens with two attached hydrogens (primary N) is 1. The van der Waals surface area contributed by atoms with Crippen molar-refractivity contribution in [2.45, 2.75) is 19.3 Å². The van der Waals surface area contributed by atoms with Gasteiger partial charge in [0.25, 0.3) is 0 Å². The number of hydrogen-bond donors (Lipinski definition) is 1. The molecule has 0 saturated heterocycles. The van der Waals surface area contributed by atoms with E-state index in [9.17, 15) is 4.79 Å². The van der Waals surface area contributed by atoms with Crippen LogP contribution in [0.25, 0.3) is 0 Å². The molecule has 1 saturated carbocycles. The first kappa shape index (κ1) is 10.0. The normalized spacial score (nSPS) is 23.6. The van der Waals surface area contributed by atoms with E-state index in [2.05, 4.69) is 0 Å². The van der Waals surface area contributed by atoms with Crippen molar-refractivity contribution in [1.82, 2.24) is 0 Å². The lowest BCUT2D eigenvalue weighted by atomic mass is 10.0. The van der Waals surface area contributed by atoms with Gasteiger partial charge in [0.2, 0.25) is 0 Å². The maximum atomic E-state index is 11.3. The molecule has 0 bridgehead atoms. The minimum atomic E-state index is -0.109. The molecule has 1 fully saturated rings. The Balaban J connectivity index is 2.20. The molecular formula is C12H15NO2. The number of hydrogen-bond acceptors (Lipinski definition) is 3. The number of esters is 1. The standard InChI is InChI=1S/C12H15NO2/c1-7-8(4-3-5-11(7)13)9-6-10(9)12(14)15-2/h3-5,9-10H,6,13H2,1-2H3/t9-,10-/m0/s1. The number of nitrogen functional groups attached to an aromatic ring is 1. The van der Waals surface area contributed by atoms with Crippen LogP contribution in [0.4, 0.5) is 5.69 Å². The van der Waals surface area contributed by atoms with E-state index in [0.717, 1.165) is 17.7 Å². The van der Waals surface area contributed by atoms with Crippen molar-refractivity contribution in [3.05, 3.63) is 29.3 Å². The molecule has 0 heterocycles. The van der Waals surface area contributed by atoms with Crippen LogP contribution >= 0.6 is 0 Å². The van der Waals surface area contributed by atoms with Crippen molar-refractivity contribution < 1.29 is 9.53 Å². The quantitative estimate of drug-likeness (QED) is 0.592. The Labute approximate surface area is 89.2 Å². The van der Waals surface area contributed by atoms with Crippen LogP contribution in [0.2, 0.25) is 0 Å². The van der Waals surface area contributed by atoms with E-state index in [4.69, 9.17) is 10.5 Å². The molecule has 3 nitrogen and oxygen atoms in total. The first-order valence-electron chi connectivity index (χ1n) is 5.08. The van der Waals surface area contributed by atoms with Crippen LogP contribution in [0.3, 0.4) is 0 Å². The van der Waals surface area contributed by atoms with Crippen LogP contribution in [0, 0.1) is 12.8 Å². The molecule has 0 unspecified atom stereocenters. The second kappa shape index (κ2) is 3.57. The lowest BCUT2D eigenvalue weighted by Gasteiger charge is -2.07. The van der Waals surface area contributed by atoms with E-state index in [1.54, 1.807) is 0 Å². The average Bonchev–Trinajstić information content (AvgIpc) is 3.01. The molecule has 0 aliphatic heterocycles. The Hall–Kier alpha value is -1.51. The van der Waals surface area contributed by atoms with Crippen molar-refractivity contribution in [2.75, 3.05) is 12.8 Å². The van der Waals surface area contributed by atoms with Crippen molar-refractivity contribution in [1.29, 1.82) is 0 Å². The highest BCUT2D eigenvalue weighted by Crippen LogP contribution is 2.49. The number of carbonyl (C=O) groups is 1. The Kier molecular flexibility index (Phi) is 2.39. The molecule has 1 aliphatic carbocycles. The number of benzene rings is 1. The average molecular weight is 205 g/mol. The molecule has 0 radical (unpaired) electrons. The predicted octanol–water partition coefficient (Wildman–Crippen LogP) is 1.85. The highest BCUT2D eigenvalue weighted by Gasteiger charge is 2.45. The molecule has 2 rings (SSSR count). The number of anilines is 1. The molecule has 1 aromatic rings. The largest absolute Gasteiger partial charge is 0.469 e. The van der Waals surface area contributed by atoms with Crippen LogP contribution in [-0.4, -0.2) is 13.1 Å². The fourth-order valence-corrected chi connectivity index (χ4v) is 2.02. The fraction of sp³-hybridized carbons (Fsp3) is 0.417. The summed E-state index contributed by atoms with van der Waals surface area (Å²) in [5.74, 6) is 0.235. The highest BCUT2D eigenvalue weighted by atomic mass is 16.5. The smallest absolute Gasteiger partial charge is 0.309 e. The molecule has 0 spiro atoms. The first-order valence-corrected chi connectivity index (χ1v) is 5.08. The van der Waals surface area contributed by atoms with Gasteiger partial charge in [-0.25, -0.2) is 0 Å². The molecule has 80 valence electrons. The minimum absolute atomic E-state index is 0.0375. The van der Waals surface area contributed by atoms with E-state index in [1.165, 1.54) is 12.7 Å². The third kappa shape index (κ3) is 1.69. The van der Waals surface area contributed by atoms with E-state index >= 15 is 0 Å². The summed E-state index contributed by atoms with van der Waals surface area (Å²) in [5.41, 5.74) is 8.90. The monoisotopic (exact) mass is 205 g/mol. The van der Waals surface area contributed by atoms with E-state index < -0.39 is 0 Å². The number of carbonyl (C=O) groups excluding carboxylic acids is 1. The minimum Gasteiger partial charge on any atom is -0.469 e. The summed E-state index contributed by atoms with van der Waals surface area (Å²) in [6, 6.07) is 5.86. The maximum Gasteiger partial charge on any atom is 0.309 e. The van der Waals surface area contributed by atoms with Gasteiger partial charge in [-0.05, 0) is 36.5 Å². The zero-order chi connectivity index (χ0) is 11.0. The van der Waals surface area contributed by atoms with Gasteiger partial charge in [-0.1, -0.05) is 12.1 Å². The topological polar surface area (TPSA) is 52.3 Å². The Morgan fingerprint density at radius 2 is 2.27 bits per heavy atom. The van der Waals surface area contributed by atoms with Gasteiger partial charge in [0, 0.05) is 5.69 Å². The van der Waals surface area contributed by atoms with Crippen LogP contribution in [-0.2, 0) is 9.53 Å². The van der Waals surface area contributed by atoms with E-state index in [-0.39, 0.29) is 11.9 Å². The van der Waals surface area contributed by atoms with Crippen LogP contribution in [0.1, 0.15) is 23.5 Å². The summed E-state index contributed by atoms with van der Waals surface area (Å²) >= 11 is 0. The Bertz CT molecular complexity index is 401. The van der Waals surface area contributed by atoms with E-state index in [0.29, 0.717) is 5.92 Å². The lowest BCUT2D eigenvalue weighted by molar-refractivity contribution is -0.142. The first-order chi connectivity index (χ1) is 7.15. The van der Waals surface area contributed by atoms with Gasteiger partial charge in [-0.2, -0.15) is 0 Å². The van der Waals surface area contributed by atoms with Gasteiger partial charge in [0.15, 0.2) is 0 Å². The van der Waals surface area contributed by atoms with Crippen LogP contribution in [0.15, 0.2) is 18.2 Å². The number of ether oxygens (including phenoxy) is 1. The van der Waals surface area contributed by atoms with Gasteiger partial charge in [0.1, 0.15) is 0 Å². The van der Waals surface area contributed by atoms with Crippen molar-refractivity contribution in [3.63, 3.8) is 0 Å². The SMILES string of the molecule is COC(=O)[C@H]1C[C@H]1c1cccc(N)c1C. The maximum absolute atomic E-state index is 11.3. The number of rotatable bonds is 2. The highest BCUT2D eigenvalue weighted by molar-refractivity contribution is 5.77. The Morgan fingerprint density at radius 3 is 2.93 bits per heavy atom. The second-order valence-corrected chi connectivity index (χ2v) is 4.03. The molecule has 1 aliphatic rings. The summed E-state index contributed by atoms with van der Waals surface area (Å²) in [7, 11) is 1.43. The van der Waals surface area contributed by atoms with Gasteiger partial charge >= 0.3 is 5.97 Å². The molecule has 0 aromatic heterocycles. The molecular weight excluding hydrogens is 190 g/mol. The second-order valence-electron chi connectivity index (χ2n) is 4.03. The van der Waals surface area contributed by atoms with Gasteiger partial charge in [0.05, 0.1) is 13.0 Å². The predicted molar refractivity (Wildman–Crippen MR) is 58.5 cm³/mol. The van der Waals surface area contributed by atoms with Crippen molar-refractivity contribution >= 4 is 11.7 Å². The zero-order valence-corrected chi connectivity index (χ0v) is 8.99. The molecule has 2 N–H and O–H groups in total. The number of methoxy groups -OCH3 is 1. The third-order valence-corrected chi connectivity index (χ3v) is 3.11. The summed E-state index contributed by atoms with van der Waals surface area (Å²) in [6.07, 6.45) is 0.886. The summed E-state index contributed by atoms with van der Waals surface area (Å²) in [4.78, 5) is 11.3. The lowest BCUT2D eigenvalue weighted by Crippen LogP contribution is -2.04. The van der Waals surface area contributed by atoms with Crippen molar-refractivity contribution in [3.8, 4) is 0 Å². The van der Waals surface area contributed by atoms with Gasteiger partial charge < -0.3 is 10.5 Å². The van der Waals surface area contributed by atoms with Crippen LogP contribution < -0.4 is 5.73 Å². The summed E-state index contributed by atoms with van der Waals surface area (Å²) in [6.45, 7) is 2.00. The fourth-order valence-electron chi connectivity index (χ4n) is 2.02. The van der Waals surface area contributed by atoms with Crippen molar-refractivity contribution in [2.24, 2.45) is 5.92 Å². The molecule has 2 atom stereocenters. The third-order valence-electron chi connectivity index (χ3n) is 3.11. The van der Waals surface area contributed by atoms with Crippen LogP contribution in [0.5, 0.6) is 0 Å². The molecule has 0 amide bonds. The zero-order valence-electron chi connectivity index (χ0n) is 8.99.